The van der Waals surface area contributed by atoms with Crippen LogP contribution in [0.25, 0.3) is 6.08 Å². The average molecular weight is 280 g/mol. The van der Waals surface area contributed by atoms with Crippen molar-refractivity contribution >= 4 is 24.8 Å². The van der Waals surface area contributed by atoms with Crippen molar-refractivity contribution < 1.29 is 9.31 Å². The second-order valence-electron chi connectivity index (χ2n) is 5.83. The summed E-state index contributed by atoms with van der Waals surface area (Å²) in [7, 11) is -0.359. The van der Waals surface area contributed by atoms with Crippen molar-refractivity contribution in [3.8, 4) is 0 Å². The van der Waals surface area contributed by atoms with Gasteiger partial charge in [-0.1, -0.05) is 23.7 Å². The minimum atomic E-state index is -0.359. The second-order valence-corrected chi connectivity index (χ2v) is 6.24. The van der Waals surface area contributed by atoms with E-state index >= 15 is 0 Å². The van der Waals surface area contributed by atoms with Gasteiger partial charge in [0.05, 0.1) is 16.2 Å². The molecule has 0 spiro atoms. The molecule has 5 heteroatoms. The van der Waals surface area contributed by atoms with Gasteiger partial charge in [0.2, 0.25) is 0 Å². The fourth-order valence-corrected chi connectivity index (χ4v) is 2.08. The SMILES string of the molecule is Cc1cc(Cl)c(/C=C/B2OC(C)(C)C(C)(C)O2)cn1. The molecule has 0 atom stereocenters. The van der Waals surface area contributed by atoms with Gasteiger partial charge in [0, 0.05) is 17.5 Å². The summed E-state index contributed by atoms with van der Waals surface area (Å²) in [5.41, 5.74) is 1.12. The lowest BCUT2D eigenvalue weighted by molar-refractivity contribution is 0.00578. The summed E-state index contributed by atoms with van der Waals surface area (Å²) in [5, 5.41) is 0.681. The number of hydrogen-bond donors (Lipinski definition) is 0. The first-order chi connectivity index (χ1) is 8.71. The van der Waals surface area contributed by atoms with Crippen LogP contribution in [0.3, 0.4) is 0 Å². The van der Waals surface area contributed by atoms with Gasteiger partial charge in [0.25, 0.3) is 0 Å². The minimum absolute atomic E-state index is 0.322. The Balaban J connectivity index is 2.13. The molecule has 2 heterocycles. The Bertz CT molecular complexity index is 498. The molecule has 2 rings (SSSR count). The molecule has 0 radical (unpaired) electrons. The zero-order valence-corrected chi connectivity index (χ0v) is 12.8. The molecular formula is C14H19BClNO2. The van der Waals surface area contributed by atoms with E-state index in [2.05, 4.69) is 4.98 Å². The van der Waals surface area contributed by atoms with E-state index < -0.39 is 0 Å². The van der Waals surface area contributed by atoms with Crippen LogP contribution in [0.4, 0.5) is 0 Å². The lowest BCUT2D eigenvalue weighted by Gasteiger charge is -2.32. The molecule has 0 saturated carbocycles. The quantitative estimate of drug-likeness (QED) is 0.774. The Labute approximate surface area is 120 Å². The van der Waals surface area contributed by atoms with Gasteiger partial charge in [0.15, 0.2) is 0 Å². The van der Waals surface area contributed by atoms with Crippen LogP contribution >= 0.6 is 11.6 Å². The Hall–Kier alpha value is -0.835. The summed E-state index contributed by atoms with van der Waals surface area (Å²) in [6.45, 7) is 10.0. The summed E-state index contributed by atoms with van der Waals surface area (Å²) < 4.78 is 11.8. The zero-order valence-electron chi connectivity index (χ0n) is 12.0. The molecule has 1 aliphatic heterocycles. The largest absolute Gasteiger partial charge is 0.487 e. The lowest BCUT2D eigenvalue weighted by Crippen LogP contribution is -2.41. The maximum Gasteiger partial charge on any atom is 0.487 e. The number of aryl methyl sites for hydroxylation is 1. The molecule has 0 unspecified atom stereocenters. The molecule has 0 aliphatic carbocycles. The predicted octanol–water partition coefficient (Wildman–Crippen LogP) is 3.69. The fourth-order valence-electron chi connectivity index (χ4n) is 1.81. The van der Waals surface area contributed by atoms with Crippen LogP contribution in [0.1, 0.15) is 39.0 Å². The molecule has 19 heavy (non-hydrogen) atoms. The molecule has 3 nitrogen and oxygen atoms in total. The van der Waals surface area contributed by atoms with Crippen molar-refractivity contribution in [3.05, 3.63) is 34.5 Å². The Morgan fingerprint density at radius 3 is 2.32 bits per heavy atom. The number of nitrogens with zero attached hydrogens (tertiary/aromatic N) is 1. The van der Waals surface area contributed by atoms with Gasteiger partial charge < -0.3 is 9.31 Å². The smallest absolute Gasteiger partial charge is 0.400 e. The number of rotatable bonds is 2. The Kier molecular flexibility index (Phi) is 3.78. The maximum atomic E-state index is 6.15. The monoisotopic (exact) mass is 279 g/mol. The van der Waals surface area contributed by atoms with Crippen molar-refractivity contribution in [1.29, 1.82) is 0 Å². The van der Waals surface area contributed by atoms with E-state index in [0.29, 0.717) is 5.02 Å². The van der Waals surface area contributed by atoms with Crippen LogP contribution in [0.2, 0.25) is 5.02 Å². The van der Waals surface area contributed by atoms with E-state index in [0.717, 1.165) is 11.3 Å². The highest BCUT2D eigenvalue weighted by Crippen LogP contribution is 2.37. The molecular weight excluding hydrogens is 260 g/mol. The van der Waals surface area contributed by atoms with Crippen LogP contribution in [0.5, 0.6) is 0 Å². The predicted molar refractivity (Wildman–Crippen MR) is 79.1 cm³/mol. The highest BCUT2D eigenvalue weighted by molar-refractivity contribution is 6.52. The van der Waals surface area contributed by atoms with Crippen LogP contribution in [-0.2, 0) is 9.31 Å². The standard InChI is InChI=1S/C14H19BClNO2/c1-10-8-12(16)11(9-17-10)6-7-15-18-13(2,3)14(4,5)19-15/h6-9H,1-5H3/b7-6+. The highest BCUT2D eigenvalue weighted by Gasteiger charge is 2.49. The summed E-state index contributed by atoms with van der Waals surface area (Å²) in [4.78, 5) is 4.23. The Morgan fingerprint density at radius 2 is 1.79 bits per heavy atom. The molecule has 0 N–H and O–H groups in total. The molecule has 1 aromatic rings. The molecule has 1 saturated heterocycles. The van der Waals surface area contributed by atoms with Crippen molar-refractivity contribution in [3.63, 3.8) is 0 Å². The van der Waals surface area contributed by atoms with Gasteiger partial charge >= 0.3 is 7.12 Å². The molecule has 1 aliphatic rings. The van der Waals surface area contributed by atoms with Crippen LogP contribution < -0.4 is 0 Å². The van der Waals surface area contributed by atoms with Crippen LogP contribution in [-0.4, -0.2) is 23.3 Å². The molecule has 0 bridgehead atoms. The molecule has 0 amide bonds. The first kappa shape index (κ1) is 14.6. The number of aromatic nitrogens is 1. The third kappa shape index (κ3) is 3.02. The summed E-state index contributed by atoms with van der Waals surface area (Å²) in [6.07, 6.45) is 3.64. The van der Waals surface area contributed by atoms with Crippen LogP contribution in [0, 0.1) is 6.92 Å². The van der Waals surface area contributed by atoms with E-state index in [4.69, 9.17) is 20.9 Å². The highest BCUT2D eigenvalue weighted by atomic mass is 35.5. The molecule has 0 aromatic carbocycles. The first-order valence-electron chi connectivity index (χ1n) is 6.37. The van der Waals surface area contributed by atoms with Crippen molar-refractivity contribution in [1.82, 2.24) is 4.98 Å². The van der Waals surface area contributed by atoms with E-state index in [-0.39, 0.29) is 18.3 Å². The third-order valence-corrected chi connectivity index (χ3v) is 4.05. The molecule has 1 aromatic heterocycles. The molecule has 102 valence electrons. The van der Waals surface area contributed by atoms with Crippen molar-refractivity contribution in [2.75, 3.05) is 0 Å². The number of halogens is 1. The van der Waals surface area contributed by atoms with E-state index in [1.54, 1.807) is 6.20 Å². The Morgan fingerprint density at radius 1 is 1.21 bits per heavy atom. The van der Waals surface area contributed by atoms with Gasteiger partial charge in [-0.2, -0.15) is 0 Å². The van der Waals surface area contributed by atoms with E-state index in [1.165, 1.54) is 0 Å². The molecule has 1 fully saturated rings. The van der Waals surface area contributed by atoms with E-state index in [9.17, 15) is 0 Å². The normalized spacial score (nSPS) is 21.3. The van der Waals surface area contributed by atoms with Gasteiger partial charge in [0.1, 0.15) is 0 Å². The second kappa shape index (κ2) is 4.93. The lowest BCUT2D eigenvalue weighted by atomic mass is 9.89. The fraction of sp³-hybridized carbons (Fsp3) is 0.500. The first-order valence-corrected chi connectivity index (χ1v) is 6.75. The number of hydrogen-bond acceptors (Lipinski definition) is 3. The van der Waals surface area contributed by atoms with Gasteiger partial charge in [-0.25, -0.2) is 0 Å². The van der Waals surface area contributed by atoms with Crippen molar-refractivity contribution in [2.24, 2.45) is 0 Å². The van der Waals surface area contributed by atoms with Gasteiger partial charge in [-0.3, -0.25) is 4.98 Å². The average Bonchev–Trinajstić information content (AvgIpc) is 2.46. The van der Waals surface area contributed by atoms with E-state index in [1.807, 2.05) is 52.7 Å². The van der Waals surface area contributed by atoms with Crippen LogP contribution in [0.15, 0.2) is 18.2 Å². The third-order valence-electron chi connectivity index (χ3n) is 3.72. The summed E-state index contributed by atoms with van der Waals surface area (Å²) in [6, 6.07) is 1.84. The summed E-state index contributed by atoms with van der Waals surface area (Å²) >= 11 is 6.15. The maximum absolute atomic E-state index is 6.15. The van der Waals surface area contributed by atoms with Gasteiger partial charge in [-0.05, 0) is 40.7 Å². The van der Waals surface area contributed by atoms with Crippen molar-refractivity contribution in [2.45, 2.75) is 45.8 Å². The number of pyridine rings is 1. The van der Waals surface area contributed by atoms with Gasteiger partial charge in [-0.15, -0.1) is 0 Å². The topological polar surface area (TPSA) is 31.4 Å². The minimum Gasteiger partial charge on any atom is -0.400 e. The summed E-state index contributed by atoms with van der Waals surface area (Å²) in [5.74, 6) is 1.87. The zero-order chi connectivity index (χ0) is 14.3.